The van der Waals surface area contributed by atoms with Crippen LogP contribution in [0.3, 0.4) is 0 Å². The van der Waals surface area contributed by atoms with E-state index in [1.165, 1.54) is 24.0 Å². The Morgan fingerprint density at radius 1 is 1.35 bits per heavy atom. The summed E-state index contributed by atoms with van der Waals surface area (Å²) in [4.78, 5) is 0. The Hall–Kier alpha value is -1.26. The van der Waals surface area contributed by atoms with Crippen molar-refractivity contribution in [2.45, 2.75) is 38.6 Å². The summed E-state index contributed by atoms with van der Waals surface area (Å²) in [7, 11) is 0. The summed E-state index contributed by atoms with van der Waals surface area (Å²) in [6, 6.07) is 9.45. The van der Waals surface area contributed by atoms with E-state index in [4.69, 9.17) is 6.42 Å². The summed E-state index contributed by atoms with van der Waals surface area (Å²) in [5.41, 5.74) is 2.76. The van der Waals surface area contributed by atoms with Crippen molar-refractivity contribution >= 4 is 0 Å². The molecule has 2 rings (SSSR count). The van der Waals surface area contributed by atoms with Crippen LogP contribution < -0.4 is 5.32 Å². The number of terminal acetylenes is 1. The van der Waals surface area contributed by atoms with Crippen LogP contribution in [0.4, 0.5) is 0 Å². The SMILES string of the molecule is C#CCCCNC(c1ccc(C)cc1)C1CC1. The molecule has 1 aromatic carbocycles. The molecule has 1 unspecified atom stereocenters. The summed E-state index contributed by atoms with van der Waals surface area (Å²) in [6.07, 6.45) is 9.94. The minimum Gasteiger partial charge on any atom is -0.310 e. The molecule has 1 aliphatic carbocycles. The first kappa shape index (κ1) is 12.2. The smallest absolute Gasteiger partial charge is 0.0348 e. The van der Waals surface area contributed by atoms with E-state index >= 15 is 0 Å². The summed E-state index contributed by atoms with van der Waals surface area (Å²) in [5.74, 6) is 3.53. The second kappa shape index (κ2) is 5.89. The molecule has 90 valence electrons. The molecule has 1 aliphatic rings. The average Bonchev–Trinajstić information content (AvgIpc) is 3.15. The second-order valence-corrected chi connectivity index (χ2v) is 4.99. The summed E-state index contributed by atoms with van der Waals surface area (Å²) in [6.45, 7) is 3.16. The maximum atomic E-state index is 5.27. The number of unbranched alkanes of at least 4 members (excludes halogenated alkanes) is 1. The maximum Gasteiger partial charge on any atom is 0.0348 e. The van der Waals surface area contributed by atoms with Crippen LogP contribution in [0.1, 0.15) is 42.9 Å². The Morgan fingerprint density at radius 2 is 2.06 bits per heavy atom. The highest BCUT2D eigenvalue weighted by atomic mass is 14.9. The zero-order valence-corrected chi connectivity index (χ0v) is 10.6. The van der Waals surface area contributed by atoms with Crippen molar-refractivity contribution in [1.29, 1.82) is 0 Å². The van der Waals surface area contributed by atoms with E-state index in [1.54, 1.807) is 0 Å². The Kier molecular flexibility index (Phi) is 4.23. The molecule has 0 radical (unpaired) electrons. The lowest BCUT2D eigenvalue weighted by Gasteiger charge is -2.18. The largest absolute Gasteiger partial charge is 0.310 e. The maximum absolute atomic E-state index is 5.27. The minimum absolute atomic E-state index is 0.536. The highest BCUT2D eigenvalue weighted by Gasteiger charge is 2.31. The van der Waals surface area contributed by atoms with Gasteiger partial charge in [0.2, 0.25) is 0 Å². The first-order valence-corrected chi connectivity index (χ1v) is 6.54. The van der Waals surface area contributed by atoms with Crippen LogP contribution in [-0.2, 0) is 0 Å². The lowest BCUT2D eigenvalue weighted by molar-refractivity contribution is 0.477. The first-order chi connectivity index (χ1) is 8.31. The number of aryl methyl sites for hydroxylation is 1. The van der Waals surface area contributed by atoms with Crippen molar-refractivity contribution in [2.24, 2.45) is 5.92 Å². The van der Waals surface area contributed by atoms with Gasteiger partial charge >= 0.3 is 0 Å². The molecule has 0 heterocycles. The van der Waals surface area contributed by atoms with Gasteiger partial charge in [-0.1, -0.05) is 29.8 Å². The highest BCUT2D eigenvalue weighted by Crippen LogP contribution is 2.40. The van der Waals surface area contributed by atoms with Crippen molar-refractivity contribution < 1.29 is 0 Å². The monoisotopic (exact) mass is 227 g/mol. The van der Waals surface area contributed by atoms with Gasteiger partial charge in [-0.05, 0) is 44.2 Å². The molecule has 0 amide bonds. The van der Waals surface area contributed by atoms with Gasteiger partial charge in [0.25, 0.3) is 0 Å². The lowest BCUT2D eigenvalue weighted by atomic mass is 10.0. The van der Waals surface area contributed by atoms with E-state index in [1.807, 2.05) is 0 Å². The zero-order valence-electron chi connectivity index (χ0n) is 10.6. The summed E-state index contributed by atoms with van der Waals surface area (Å²) in [5, 5.41) is 3.66. The van der Waals surface area contributed by atoms with E-state index in [0.29, 0.717) is 6.04 Å². The quantitative estimate of drug-likeness (QED) is 0.580. The molecule has 1 fully saturated rings. The highest BCUT2D eigenvalue weighted by molar-refractivity contribution is 5.25. The molecule has 0 bridgehead atoms. The molecule has 1 N–H and O–H groups in total. The molecular formula is C16H21N. The van der Waals surface area contributed by atoms with Gasteiger partial charge in [0.1, 0.15) is 0 Å². The van der Waals surface area contributed by atoms with Gasteiger partial charge in [-0.3, -0.25) is 0 Å². The van der Waals surface area contributed by atoms with Crippen LogP contribution in [0.25, 0.3) is 0 Å². The molecule has 1 aromatic rings. The Balaban J connectivity index is 1.93. The summed E-state index contributed by atoms with van der Waals surface area (Å²) >= 11 is 0. The Morgan fingerprint density at radius 3 is 2.65 bits per heavy atom. The number of hydrogen-bond donors (Lipinski definition) is 1. The fourth-order valence-electron chi connectivity index (χ4n) is 2.21. The number of hydrogen-bond acceptors (Lipinski definition) is 1. The van der Waals surface area contributed by atoms with Crippen LogP contribution in [-0.4, -0.2) is 6.54 Å². The number of nitrogens with one attached hydrogen (secondary N) is 1. The topological polar surface area (TPSA) is 12.0 Å². The normalized spacial score (nSPS) is 16.5. The van der Waals surface area contributed by atoms with Gasteiger partial charge in [-0.15, -0.1) is 12.3 Å². The fourth-order valence-corrected chi connectivity index (χ4v) is 2.21. The number of rotatable bonds is 6. The van der Waals surface area contributed by atoms with Gasteiger partial charge in [-0.25, -0.2) is 0 Å². The van der Waals surface area contributed by atoms with Crippen LogP contribution in [0.5, 0.6) is 0 Å². The predicted octanol–water partition coefficient (Wildman–Crippen LogP) is 3.45. The Labute approximate surface area is 105 Å². The molecule has 1 atom stereocenters. The lowest BCUT2D eigenvalue weighted by Crippen LogP contribution is -2.24. The number of benzene rings is 1. The van der Waals surface area contributed by atoms with Gasteiger partial charge < -0.3 is 5.32 Å². The van der Waals surface area contributed by atoms with E-state index in [-0.39, 0.29) is 0 Å². The fraction of sp³-hybridized carbons (Fsp3) is 0.500. The van der Waals surface area contributed by atoms with Gasteiger partial charge in [-0.2, -0.15) is 0 Å². The molecule has 1 heteroatoms. The minimum atomic E-state index is 0.536. The van der Waals surface area contributed by atoms with Crippen molar-refractivity contribution in [3.8, 4) is 12.3 Å². The van der Waals surface area contributed by atoms with Gasteiger partial charge in [0.05, 0.1) is 0 Å². The van der Waals surface area contributed by atoms with Crippen LogP contribution >= 0.6 is 0 Å². The van der Waals surface area contributed by atoms with Crippen LogP contribution in [0, 0.1) is 25.2 Å². The van der Waals surface area contributed by atoms with Gasteiger partial charge in [0, 0.05) is 12.5 Å². The van der Waals surface area contributed by atoms with Crippen LogP contribution in [0.2, 0.25) is 0 Å². The molecule has 0 aliphatic heterocycles. The average molecular weight is 227 g/mol. The van der Waals surface area contributed by atoms with Crippen molar-refractivity contribution in [3.05, 3.63) is 35.4 Å². The van der Waals surface area contributed by atoms with Crippen molar-refractivity contribution in [1.82, 2.24) is 5.32 Å². The van der Waals surface area contributed by atoms with E-state index in [2.05, 4.69) is 42.4 Å². The molecule has 1 nitrogen and oxygen atoms in total. The molecule has 1 saturated carbocycles. The molecular weight excluding hydrogens is 206 g/mol. The molecule has 0 saturated heterocycles. The standard InChI is InChI=1S/C16H21N/c1-3-4-5-12-17-16(15-10-11-15)14-8-6-13(2)7-9-14/h1,6-9,15-17H,4-5,10-12H2,2H3. The molecule has 0 spiro atoms. The van der Waals surface area contributed by atoms with E-state index < -0.39 is 0 Å². The predicted molar refractivity (Wildman–Crippen MR) is 72.7 cm³/mol. The second-order valence-electron chi connectivity index (χ2n) is 4.99. The van der Waals surface area contributed by atoms with Crippen LogP contribution in [0.15, 0.2) is 24.3 Å². The van der Waals surface area contributed by atoms with E-state index in [0.717, 1.165) is 25.3 Å². The third-order valence-corrected chi connectivity index (χ3v) is 3.39. The third-order valence-electron chi connectivity index (χ3n) is 3.39. The summed E-state index contributed by atoms with van der Waals surface area (Å²) < 4.78 is 0. The Bertz CT molecular complexity index is 381. The van der Waals surface area contributed by atoms with Crippen molar-refractivity contribution in [3.63, 3.8) is 0 Å². The first-order valence-electron chi connectivity index (χ1n) is 6.54. The third kappa shape index (κ3) is 3.61. The zero-order chi connectivity index (χ0) is 12.1. The van der Waals surface area contributed by atoms with Crippen molar-refractivity contribution in [2.75, 3.05) is 6.54 Å². The van der Waals surface area contributed by atoms with Gasteiger partial charge in [0.15, 0.2) is 0 Å². The molecule has 0 aromatic heterocycles. The van der Waals surface area contributed by atoms with E-state index in [9.17, 15) is 0 Å². The molecule has 17 heavy (non-hydrogen) atoms.